The summed E-state index contributed by atoms with van der Waals surface area (Å²) >= 11 is 0. The molecule has 0 aromatic carbocycles. The van der Waals surface area contributed by atoms with Gasteiger partial charge in [-0.05, 0) is 63.2 Å². The van der Waals surface area contributed by atoms with Crippen molar-refractivity contribution in [3.63, 3.8) is 0 Å². The lowest BCUT2D eigenvalue weighted by molar-refractivity contribution is 0.265. The second-order valence-corrected chi connectivity index (χ2v) is 5.47. The number of hydrogen-bond acceptors (Lipinski definition) is 2. The molecule has 0 bridgehead atoms. The largest absolute Gasteiger partial charge is 0.316 e. The van der Waals surface area contributed by atoms with E-state index in [1.54, 1.807) is 0 Å². The van der Waals surface area contributed by atoms with E-state index in [4.69, 9.17) is 0 Å². The average molecular weight is 212 g/mol. The van der Waals surface area contributed by atoms with Gasteiger partial charge in [0, 0.05) is 0 Å². The van der Waals surface area contributed by atoms with Crippen LogP contribution in [0, 0.1) is 17.8 Å². The van der Waals surface area contributed by atoms with Gasteiger partial charge in [0.15, 0.2) is 0 Å². The molecule has 2 N–H and O–H groups in total. The van der Waals surface area contributed by atoms with Crippen LogP contribution in [0.4, 0.5) is 0 Å². The predicted octanol–water partition coefficient (Wildman–Crippen LogP) is 2.26. The molecule has 0 amide bonds. The molecule has 0 saturated carbocycles. The maximum absolute atomic E-state index is 3.53. The van der Waals surface area contributed by atoms with Gasteiger partial charge < -0.3 is 10.6 Å². The lowest BCUT2D eigenvalue weighted by Gasteiger charge is -2.28. The first-order chi connectivity index (χ1) is 7.20. The van der Waals surface area contributed by atoms with Gasteiger partial charge in [-0.3, -0.25) is 0 Å². The van der Waals surface area contributed by atoms with Gasteiger partial charge in [0.2, 0.25) is 0 Å². The van der Waals surface area contributed by atoms with Gasteiger partial charge >= 0.3 is 0 Å². The topological polar surface area (TPSA) is 24.1 Å². The van der Waals surface area contributed by atoms with E-state index in [-0.39, 0.29) is 0 Å². The minimum Gasteiger partial charge on any atom is -0.316 e. The molecule has 0 aromatic heterocycles. The normalized spacial score (nSPS) is 24.4. The van der Waals surface area contributed by atoms with Crippen molar-refractivity contribution in [3.8, 4) is 0 Å². The number of nitrogens with one attached hydrogen (secondary N) is 2. The molecule has 2 unspecified atom stereocenters. The van der Waals surface area contributed by atoms with E-state index in [9.17, 15) is 0 Å². The van der Waals surface area contributed by atoms with E-state index < -0.39 is 0 Å². The van der Waals surface area contributed by atoms with Crippen LogP contribution in [0.5, 0.6) is 0 Å². The summed E-state index contributed by atoms with van der Waals surface area (Å²) in [7, 11) is 0. The van der Waals surface area contributed by atoms with Crippen molar-refractivity contribution in [2.45, 2.75) is 40.0 Å². The lowest BCUT2D eigenvalue weighted by Crippen LogP contribution is -2.34. The van der Waals surface area contributed by atoms with Crippen LogP contribution in [0.2, 0.25) is 0 Å². The summed E-state index contributed by atoms with van der Waals surface area (Å²) in [5, 5.41) is 7.04. The van der Waals surface area contributed by atoms with Crippen LogP contribution in [0.1, 0.15) is 40.0 Å². The van der Waals surface area contributed by atoms with Crippen molar-refractivity contribution in [2.75, 3.05) is 26.2 Å². The number of hydrogen-bond donors (Lipinski definition) is 2. The Bertz CT molecular complexity index is 151. The van der Waals surface area contributed by atoms with Gasteiger partial charge in [-0.15, -0.1) is 0 Å². The van der Waals surface area contributed by atoms with Crippen LogP contribution < -0.4 is 10.6 Å². The highest BCUT2D eigenvalue weighted by atomic mass is 14.9. The van der Waals surface area contributed by atoms with Crippen LogP contribution in [-0.2, 0) is 0 Å². The Hall–Kier alpha value is -0.0800. The first-order valence-corrected chi connectivity index (χ1v) is 6.61. The Morgan fingerprint density at radius 2 is 2.13 bits per heavy atom. The summed E-state index contributed by atoms with van der Waals surface area (Å²) in [5.41, 5.74) is 0. The van der Waals surface area contributed by atoms with Crippen molar-refractivity contribution in [3.05, 3.63) is 0 Å². The van der Waals surface area contributed by atoms with E-state index in [0.29, 0.717) is 0 Å². The molecule has 1 aliphatic rings. The summed E-state index contributed by atoms with van der Waals surface area (Å²) < 4.78 is 0. The highest BCUT2D eigenvalue weighted by Crippen LogP contribution is 2.21. The fraction of sp³-hybridized carbons (Fsp3) is 1.00. The summed E-state index contributed by atoms with van der Waals surface area (Å²) in [4.78, 5) is 0. The summed E-state index contributed by atoms with van der Waals surface area (Å²) in [6.07, 6.45) is 4.13. The fourth-order valence-electron chi connectivity index (χ4n) is 2.32. The molecule has 1 fully saturated rings. The summed E-state index contributed by atoms with van der Waals surface area (Å²) in [6.45, 7) is 11.8. The molecule has 2 atom stereocenters. The highest BCUT2D eigenvalue weighted by molar-refractivity contribution is 4.74. The Balaban J connectivity index is 2.04. The van der Waals surface area contributed by atoms with Crippen LogP contribution in [0.15, 0.2) is 0 Å². The first kappa shape index (κ1) is 13.0. The van der Waals surface area contributed by atoms with Crippen LogP contribution in [0.25, 0.3) is 0 Å². The van der Waals surface area contributed by atoms with Gasteiger partial charge in [0.25, 0.3) is 0 Å². The predicted molar refractivity (Wildman–Crippen MR) is 67.1 cm³/mol. The molecule has 1 heterocycles. The smallest absolute Gasteiger partial charge is 0.00180 e. The Labute approximate surface area is 95.2 Å². The van der Waals surface area contributed by atoms with E-state index in [1.807, 2.05) is 0 Å². The van der Waals surface area contributed by atoms with Gasteiger partial charge in [-0.25, -0.2) is 0 Å². The maximum Gasteiger partial charge on any atom is -0.00180 e. The molecule has 2 nitrogen and oxygen atoms in total. The molecular weight excluding hydrogens is 184 g/mol. The van der Waals surface area contributed by atoms with E-state index in [0.717, 1.165) is 24.3 Å². The van der Waals surface area contributed by atoms with E-state index in [1.165, 1.54) is 38.9 Å². The lowest BCUT2D eigenvalue weighted by atomic mass is 9.85. The van der Waals surface area contributed by atoms with E-state index in [2.05, 4.69) is 31.4 Å². The molecule has 1 saturated heterocycles. The Morgan fingerprint density at radius 3 is 2.73 bits per heavy atom. The van der Waals surface area contributed by atoms with Crippen molar-refractivity contribution in [1.82, 2.24) is 10.6 Å². The minimum absolute atomic E-state index is 0.775. The summed E-state index contributed by atoms with van der Waals surface area (Å²) in [5.74, 6) is 2.56. The van der Waals surface area contributed by atoms with Crippen molar-refractivity contribution >= 4 is 0 Å². The number of piperidine rings is 1. The zero-order valence-corrected chi connectivity index (χ0v) is 10.7. The average Bonchev–Trinajstić information content (AvgIpc) is 2.25. The highest BCUT2D eigenvalue weighted by Gasteiger charge is 2.18. The third-order valence-corrected chi connectivity index (χ3v) is 3.47. The second kappa shape index (κ2) is 7.24. The molecule has 1 aliphatic heterocycles. The van der Waals surface area contributed by atoms with Gasteiger partial charge in [0.05, 0.1) is 0 Å². The van der Waals surface area contributed by atoms with Crippen molar-refractivity contribution in [1.29, 1.82) is 0 Å². The maximum atomic E-state index is 3.53. The van der Waals surface area contributed by atoms with Crippen LogP contribution in [-0.4, -0.2) is 26.2 Å². The SMILES string of the molecule is CC(C)CNCCC(C)C1CCCNC1. The molecule has 0 aromatic rings. The minimum atomic E-state index is 0.775. The number of rotatable bonds is 6. The monoisotopic (exact) mass is 212 g/mol. The quantitative estimate of drug-likeness (QED) is 0.660. The standard InChI is InChI=1S/C13H28N2/c1-11(2)9-15-8-6-12(3)13-5-4-7-14-10-13/h11-15H,4-10H2,1-3H3. The zero-order valence-electron chi connectivity index (χ0n) is 10.7. The molecule has 0 spiro atoms. The summed E-state index contributed by atoms with van der Waals surface area (Å²) in [6, 6.07) is 0. The zero-order chi connectivity index (χ0) is 11.1. The van der Waals surface area contributed by atoms with Gasteiger partial charge in [-0.1, -0.05) is 20.8 Å². The first-order valence-electron chi connectivity index (χ1n) is 6.61. The van der Waals surface area contributed by atoms with E-state index >= 15 is 0 Å². The fourth-order valence-corrected chi connectivity index (χ4v) is 2.32. The van der Waals surface area contributed by atoms with Gasteiger partial charge in [0.1, 0.15) is 0 Å². The Morgan fingerprint density at radius 1 is 1.33 bits per heavy atom. The molecular formula is C13H28N2. The van der Waals surface area contributed by atoms with Crippen molar-refractivity contribution in [2.24, 2.45) is 17.8 Å². The molecule has 0 aliphatic carbocycles. The van der Waals surface area contributed by atoms with Gasteiger partial charge in [-0.2, -0.15) is 0 Å². The molecule has 2 heteroatoms. The second-order valence-electron chi connectivity index (χ2n) is 5.47. The molecule has 15 heavy (non-hydrogen) atoms. The molecule has 90 valence electrons. The third kappa shape index (κ3) is 5.53. The van der Waals surface area contributed by atoms with Crippen LogP contribution in [0.3, 0.4) is 0 Å². The third-order valence-electron chi connectivity index (χ3n) is 3.47. The van der Waals surface area contributed by atoms with Crippen LogP contribution >= 0.6 is 0 Å². The molecule has 0 radical (unpaired) electrons. The van der Waals surface area contributed by atoms with Crippen molar-refractivity contribution < 1.29 is 0 Å². The molecule has 1 rings (SSSR count). The Kier molecular flexibility index (Phi) is 6.26.